The highest BCUT2D eigenvalue weighted by atomic mass is 16.2. The first kappa shape index (κ1) is 22.1. The van der Waals surface area contributed by atoms with Gasteiger partial charge in [-0.2, -0.15) is 0 Å². The van der Waals surface area contributed by atoms with Crippen molar-refractivity contribution in [2.24, 2.45) is 0 Å². The summed E-state index contributed by atoms with van der Waals surface area (Å²) in [5.41, 5.74) is 6.71. The number of nitrogens with zero attached hydrogens (tertiary/aromatic N) is 5. The van der Waals surface area contributed by atoms with E-state index in [1.54, 1.807) is 6.92 Å². The number of benzene rings is 1. The lowest BCUT2D eigenvalue weighted by atomic mass is 9.98. The molecule has 1 amide bonds. The molecule has 1 unspecified atom stereocenters. The van der Waals surface area contributed by atoms with E-state index in [0.717, 1.165) is 63.8 Å². The molecule has 1 fully saturated rings. The first-order valence-electron chi connectivity index (χ1n) is 12.5. The van der Waals surface area contributed by atoms with Gasteiger partial charge in [0.2, 0.25) is 5.91 Å². The molecule has 176 valence electrons. The molecular weight excluding hydrogens is 412 g/mol. The standard InChI is InChI=1S/C26H36N6O/c1-4-31-11-5-6-20-14-19(7-8-24(20)31)15-30-12-10-23-22(17-30)26(27-3)29-25(28-23)21-9-13-32(16-21)18(2)33/h7-8,14,21H,4-6,9-13,15-17H2,1-3H3,(H,27,28,29). The Labute approximate surface area is 197 Å². The number of nitrogens with one attached hydrogen (secondary N) is 1. The highest BCUT2D eigenvalue weighted by Crippen LogP contribution is 2.32. The van der Waals surface area contributed by atoms with Crippen LogP contribution in [0, 0.1) is 0 Å². The van der Waals surface area contributed by atoms with Gasteiger partial charge in [0.05, 0.1) is 5.69 Å². The number of aromatic nitrogens is 2. The van der Waals surface area contributed by atoms with Gasteiger partial charge in [-0.15, -0.1) is 0 Å². The Balaban J connectivity index is 1.31. The molecule has 7 nitrogen and oxygen atoms in total. The van der Waals surface area contributed by atoms with Crippen molar-refractivity contribution in [3.63, 3.8) is 0 Å². The van der Waals surface area contributed by atoms with Gasteiger partial charge in [-0.1, -0.05) is 12.1 Å². The van der Waals surface area contributed by atoms with Gasteiger partial charge < -0.3 is 15.1 Å². The molecule has 7 heteroatoms. The Kier molecular flexibility index (Phi) is 6.23. The molecule has 4 heterocycles. The first-order valence-corrected chi connectivity index (χ1v) is 12.5. The van der Waals surface area contributed by atoms with Gasteiger partial charge in [0.25, 0.3) is 0 Å². The third kappa shape index (κ3) is 4.43. The van der Waals surface area contributed by atoms with Crippen LogP contribution in [0.15, 0.2) is 18.2 Å². The minimum atomic E-state index is 0.143. The van der Waals surface area contributed by atoms with Crippen molar-refractivity contribution in [1.29, 1.82) is 0 Å². The van der Waals surface area contributed by atoms with Crippen LogP contribution in [0.3, 0.4) is 0 Å². The van der Waals surface area contributed by atoms with Gasteiger partial charge in [-0.25, -0.2) is 9.97 Å². The second-order valence-corrected chi connectivity index (χ2v) is 9.66. The van der Waals surface area contributed by atoms with Crippen LogP contribution in [0.4, 0.5) is 11.5 Å². The molecule has 3 aliphatic rings. The van der Waals surface area contributed by atoms with E-state index in [4.69, 9.17) is 9.97 Å². The number of anilines is 2. The Hall–Kier alpha value is -2.67. The van der Waals surface area contributed by atoms with Crippen molar-refractivity contribution in [2.45, 2.75) is 58.5 Å². The van der Waals surface area contributed by atoms with Crippen LogP contribution in [0.2, 0.25) is 0 Å². The predicted molar refractivity (Wildman–Crippen MR) is 132 cm³/mol. The monoisotopic (exact) mass is 448 g/mol. The van der Waals surface area contributed by atoms with Crippen LogP contribution < -0.4 is 10.2 Å². The maximum atomic E-state index is 11.7. The zero-order valence-corrected chi connectivity index (χ0v) is 20.2. The normalized spacial score (nSPS) is 20.5. The number of aryl methyl sites for hydroxylation is 1. The van der Waals surface area contributed by atoms with Crippen molar-refractivity contribution in [2.75, 3.05) is 50.0 Å². The second-order valence-electron chi connectivity index (χ2n) is 9.66. The summed E-state index contributed by atoms with van der Waals surface area (Å²) in [6.07, 6.45) is 4.32. The molecule has 0 aliphatic carbocycles. The zero-order valence-electron chi connectivity index (χ0n) is 20.2. The van der Waals surface area contributed by atoms with Gasteiger partial charge >= 0.3 is 0 Å². The predicted octanol–water partition coefficient (Wildman–Crippen LogP) is 3.18. The third-order valence-corrected chi connectivity index (χ3v) is 7.54. The summed E-state index contributed by atoms with van der Waals surface area (Å²) >= 11 is 0. The lowest BCUT2D eigenvalue weighted by Gasteiger charge is -2.32. The highest BCUT2D eigenvalue weighted by Gasteiger charge is 2.30. The van der Waals surface area contributed by atoms with Crippen LogP contribution in [0.5, 0.6) is 0 Å². The Morgan fingerprint density at radius 2 is 2.06 bits per heavy atom. The quantitative estimate of drug-likeness (QED) is 0.758. The minimum absolute atomic E-state index is 0.143. The van der Waals surface area contributed by atoms with Crippen LogP contribution in [-0.4, -0.2) is 65.4 Å². The molecule has 2 aromatic rings. The fourth-order valence-corrected chi connectivity index (χ4v) is 5.68. The Bertz CT molecular complexity index is 1020. The summed E-state index contributed by atoms with van der Waals surface area (Å²) in [6, 6.07) is 7.06. The molecule has 1 N–H and O–H groups in total. The first-order chi connectivity index (χ1) is 16.1. The number of hydrogen-bond acceptors (Lipinski definition) is 6. The largest absolute Gasteiger partial charge is 0.373 e. The maximum Gasteiger partial charge on any atom is 0.219 e. The van der Waals surface area contributed by atoms with Crippen LogP contribution >= 0.6 is 0 Å². The molecule has 33 heavy (non-hydrogen) atoms. The van der Waals surface area contributed by atoms with E-state index in [1.807, 2.05) is 11.9 Å². The third-order valence-electron chi connectivity index (χ3n) is 7.54. The zero-order chi connectivity index (χ0) is 22.9. The number of amides is 1. The minimum Gasteiger partial charge on any atom is -0.373 e. The molecule has 3 aliphatic heterocycles. The molecule has 0 spiro atoms. The number of likely N-dealkylation sites (tertiary alicyclic amines) is 1. The van der Waals surface area contributed by atoms with Gasteiger partial charge in [0.1, 0.15) is 11.6 Å². The molecule has 0 saturated carbocycles. The van der Waals surface area contributed by atoms with E-state index in [1.165, 1.54) is 47.5 Å². The summed E-state index contributed by atoms with van der Waals surface area (Å²) in [7, 11) is 1.95. The lowest BCUT2D eigenvalue weighted by molar-refractivity contribution is -0.127. The van der Waals surface area contributed by atoms with Crippen LogP contribution in [-0.2, 0) is 30.7 Å². The van der Waals surface area contributed by atoms with Crippen molar-refractivity contribution in [3.8, 4) is 0 Å². The van der Waals surface area contributed by atoms with Crippen molar-refractivity contribution < 1.29 is 4.79 Å². The van der Waals surface area contributed by atoms with Crippen LogP contribution in [0.25, 0.3) is 0 Å². The van der Waals surface area contributed by atoms with E-state index in [2.05, 4.69) is 40.2 Å². The lowest BCUT2D eigenvalue weighted by Crippen LogP contribution is -2.32. The summed E-state index contributed by atoms with van der Waals surface area (Å²) in [5.74, 6) is 2.22. The summed E-state index contributed by atoms with van der Waals surface area (Å²) in [5, 5.41) is 3.33. The number of carbonyl (C=O) groups excluding carboxylic acids is 1. The molecule has 1 atom stereocenters. The van der Waals surface area contributed by atoms with Gasteiger partial charge in [-0.05, 0) is 43.4 Å². The second kappa shape index (κ2) is 9.29. The maximum absolute atomic E-state index is 11.7. The van der Waals surface area contributed by atoms with Crippen molar-refractivity contribution in [1.82, 2.24) is 19.8 Å². The van der Waals surface area contributed by atoms with E-state index < -0.39 is 0 Å². The summed E-state index contributed by atoms with van der Waals surface area (Å²) < 4.78 is 0. The van der Waals surface area contributed by atoms with Crippen molar-refractivity contribution in [3.05, 3.63) is 46.4 Å². The molecular formula is C26H36N6O. The van der Waals surface area contributed by atoms with Crippen molar-refractivity contribution >= 4 is 17.4 Å². The smallest absolute Gasteiger partial charge is 0.219 e. The number of hydrogen-bond donors (Lipinski definition) is 1. The topological polar surface area (TPSA) is 64.6 Å². The molecule has 0 bridgehead atoms. The molecule has 1 aromatic heterocycles. The molecule has 1 aromatic carbocycles. The van der Waals surface area contributed by atoms with Crippen LogP contribution in [0.1, 0.15) is 60.8 Å². The van der Waals surface area contributed by atoms with Gasteiger partial charge in [0, 0.05) is 83.4 Å². The Morgan fingerprint density at radius 1 is 1.18 bits per heavy atom. The Morgan fingerprint density at radius 3 is 2.82 bits per heavy atom. The number of rotatable bonds is 5. The average molecular weight is 449 g/mol. The summed E-state index contributed by atoms with van der Waals surface area (Å²) in [4.78, 5) is 28.6. The van der Waals surface area contributed by atoms with Gasteiger partial charge in [-0.3, -0.25) is 9.69 Å². The number of carbonyl (C=O) groups is 1. The van der Waals surface area contributed by atoms with Gasteiger partial charge in [0.15, 0.2) is 0 Å². The molecule has 5 rings (SSSR count). The van der Waals surface area contributed by atoms with E-state index in [-0.39, 0.29) is 11.8 Å². The van der Waals surface area contributed by atoms with E-state index in [0.29, 0.717) is 0 Å². The van der Waals surface area contributed by atoms with E-state index in [9.17, 15) is 4.79 Å². The average Bonchev–Trinajstić information content (AvgIpc) is 3.34. The molecule has 0 radical (unpaired) electrons. The van der Waals surface area contributed by atoms with E-state index >= 15 is 0 Å². The fraction of sp³-hybridized carbons (Fsp3) is 0.577. The number of fused-ring (bicyclic) bond motifs is 2. The highest BCUT2D eigenvalue weighted by molar-refractivity contribution is 5.73. The molecule has 1 saturated heterocycles. The SMILES string of the molecule is CCN1CCCc2cc(CN3CCc4nc(C5CCN(C(C)=O)C5)nc(NC)c4C3)ccc21. The fourth-order valence-electron chi connectivity index (χ4n) is 5.68. The summed E-state index contributed by atoms with van der Waals surface area (Å²) in [6.45, 7) is 10.5.